The number of nitrogens with zero attached hydrogens (tertiary/aromatic N) is 2. The van der Waals surface area contributed by atoms with Crippen LogP contribution < -0.4 is 5.46 Å². The maximum atomic E-state index is 12.9. The Morgan fingerprint density at radius 3 is 2.81 bits per heavy atom. The lowest BCUT2D eigenvalue weighted by Crippen LogP contribution is -2.36. The van der Waals surface area contributed by atoms with Crippen molar-refractivity contribution in [1.29, 1.82) is 0 Å². The zero-order chi connectivity index (χ0) is 21.9. The van der Waals surface area contributed by atoms with Gasteiger partial charge in [-0.15, -0.1) is 0 Å². The molecule has 1 amide bonds. The summed E-state index contributed by atoms with van der Waals surface area (Å²) in [5.41, 5.74) is 5.14. The number of benzene rings is 2. The third-order valence-corrected chi connectivity index (χ3v) is 7.12. The van der Waals surface area contributed by atoms with Crippen molar-refractivity contribution in [2.45, 2.75) is 30.8 Å². The molecule has 0 radical (unpaired) electrons. The van der Waals surface area contributed by atoms with Crippen molar-refractivity contribution in [3.8, 4) is 11.1 Å². The number of aromatic nitrogens is 1. The first kappa shape index (κ1) is 20.0. The van der Waals surface area contributed by atoms with Crippen molar-refractivity contribution in [3.63, 3.8) is 0 Å². The maximum absolute atomic E-state index is 12.9. The summed E-state index contributed by atoms with van der Waals surface area (Å²) < 4.78 is 6.12. The number of fused-ring (bicyclic) bond motifs is 2. The number of amides is 1. The first-order valence-electron chi connectivity index (χ1n) is 11.0. The number of pyridine rings is 1. The summed E-state index contributed by atoms with van der Waals surface area (Å²) in [6, 6.07) is 18.1. The van der Waals surface area contributed by atoms with Gasteiger partial charge in [0.1, 0.15) is 5.69 Å². The molecule has 0 bridgehead atoms. The third kappa shape index (κ3) is 3.25. The van der Waals surface area contributed by atoms with E-state index in [9.17, 15) is 9.82 Å². The first-order valence-corrected chi connectivity index (χ1v) is 11.4. The fourth-order valence-electron chi connectivity index (χ4n) is 5.14. The van der Waals surface area contributed by atoms with E-state index in [-0.39, 0.29) is 5.91 Å². The molecule has 2 aliphatic heterocycles. The summed E-state index contributed by atoms with van der Waals surface area (Å²) in [6.45, 7) is 0.930. The minimum absolute atomic E-state index is 0.153. The van der Waals surface area contributed by atoms with Gasteiger partial charge in [0.25, 0.3) is 5.91 Å². The van der Waals surface area contributed by atoms with Crippen LogP contribution in [-0.2, 0) is 10.3 Å². The number of hydrogen-bond donors (Lipinski definition) is 1. The standard InChI is InChI=1S/C25H22BClN2O3/c27-18-8-10-23(28-14-18)24(30)29-12-11-25(15-29)21-9-7-17(13-22(21)26(31)32-25)20-4-2-1-3-19(20)16-5-6-16/h1-4,7-10,13-14,16,31H,5-6,11-12,15H2. The summed E-state index contributed by atoms with van der Waals surface area (Å²) in [6.07, 6.45) is 4.59. The average molecular weight is 445 g/mol. The van der Waals surface area contributed by atoms with E-state index in [1.54, 1.807) is 17.0 Å². The van der Waals surface area contributed by atoms with Crippen molar-refractivity contribution in [1.82, 2.24) is 9.88 Å². The zero-order valence-corrected chi connectivity index (χ0v) is 18.3. The Bertz CT molecular complexity index is 1210. The topological polar surface area (TPSA) is 62.7 Å². The van der Waals surface area contributed by atoms with E-state index in [1.165, 1.54) is 30.2 Å². The highest BCUT2D eigenvalue weighted by Gasteiger charge is 2.51. The molecule has 3 aliphatic rings. The fourth-order valence-corrected chi connectivity index (χ4v) is 5.25. The van der Waals surface area contributed by atoms with Crippen LogP contribution >= 0.6 is 11.6 Å². The number of likely N-dealkylation sites (tertiary alicyclic amines) is 1. The molecule has 3 heterocycles. The fraction of sp³-hybridized carbons (Fsp3) is 0.280. The van der Waals surface area contributed by atoms with Crippen LogP contribution in [0.4, 0.5) is 0 Å². The van der Waals surface area contributed by atoms with Crippen LogP contribution in [0.15, 0.2) is 60.8 Å². The minimum atomic E-state index is -0.998. The number of halogens is 1. The van der Waals surface area contributed by atoms with Gasteiger partial charge in [0, 0.05) is 12.7 Å². The molecule has 1 saturated heterocycles. The predicted molar refractivity (Wildman–Crippen MR) is 124 cm³/mol. The second-order valence-electron chi connectivity index (χ2n) is 8.97. The average Bonchev–Trinajstić information content (AvgIpc) is 3.53. The number of carbonyl (C=O) groups is 1. The van der Waals surface area contributed by atoms with Gasteiger partial charge in [0.05, 0.1) is 17.2 Å². The molecule has 1 N–H and O–H groups in total. The minimum Gasteiger partial charge on any atom is -0.423 e. The van der Waals surface area contributed by atoms with Crippen LogP contribution in [0.2, 0.25) is 5.02 Å². The van der Waals surface area contributed by atoms with Crippen molar-refractivity contribution >= 4 is 30.1 Å². The molecule has 2 fully saturated rings. The quantitative estimate of drug-likeness (QED) is 0.625. The molecule has 1 spiro atoms. The van der Waals surface area contributed by atoms with Crippen molar-refractivity contribution in [3.05, 3.63) is 82.6 Å². The van der Waals surface area contributed by atoms with Gasteiger partial charge < -0.3 is 14.6 Å². The molecule has 1 unspecified atom stereocenters. The molecule has 3 aromatic rings. The van der Waals surface area contributed by atoms with E-state index in [2.05, 4.69) is 47.4 Å². The van der Waals surface area contributed by atoms with Crippen LogP contribution in [0.5, 0.6) is 0 Å². The Hall–Kier alpha value is -2.67. The lowest BCUT2D eigenvalue weighted by molar-refractivity contribution is 0.0569. The number of rotatable bonds is 3. The molecular weight excluding hydrogens is 423 g/mol. The lowest BCUT2D eigenvalue weighted by atomic mass is 9.76. The highest BCUT2D eigenvalue weighted by molar-refractivity contribution is 6.62. The van der Waals surface area contributed by atoms with Gasteiger partial charge in [0.15, 0.2) is 0 Å². The van der Waals surface area contributed by atoms with Gasteiger partial charge in [0.2, 0.25) is 0 Å². The van der Waals surface area contributed by atoms with Crippen molar-refractivity contribution < 1.29 is 14.5 Å². The summed E-state index contributed by atoms with van der Waals surface area (Å²) >= 11 is 5.90. The Balaban J connectivity index is 1.30. The van der Waals surface area contributed by atoms with Crippen LogP contribution in [0.25, 0.3) is 11.1 Å². The summed E-state index contributed by atoms with van der Waals surface area (Å²) in [5, 5.41) is 11.3. The highest BCUT2D eigenvalue weighted by atomic mass is 35.5. The number of carbonyl (C=O) groups excluding carboxylic acids is 1. The van der Waals surface area contributed by atoms with E-state index in [0.29, 0.717) is 36.1 Å². The van der Waals surface area contributed by atoms with E-state index in [4.69, 9.17) is 16.3 Å². The SMILES string of the molecule is O=C(c1ccc(Cl)cn1)N1CCC2(C1)OB(O)c1cc(-c3ccccc3C3CC3)ccc12. The van der Waals surface area contributed by atoms with Gasteiger partial charge >= 0.3 is 7.12 Å². The van der Waals surface area contributed by atoms with E-state index >= 15 is 0 Å². The summed E-state index contributed by atoms with van der Waals surface area (Å²) in [4.78, 5) is 18.8. The predicted octanol–water partition coefficient (Wildman–Crippen LogP) is 3.74. The Labute approximate surface area is 192 Å². The Morgan fingerprint density at radius 2 is 2.03 bits per heavy atom. The monoisotopic (exact) mass is 444 g/mol. The lowest BCUT2D eigenvalue weighted by Gasteiger charge is -2.26. The molecule has 1 aliphatic carbocycles. The van der Waals surface area contributed by atoms with Crippen LogP contribution in [0.1, 0.15) is 46.8 Å². The van der Waals surface area contributed by atoms with Gasteiger partial charge in [-0.25, -0.2) is 4.98 Å². The molecule has 5 nitrogen and oxygen atoms in total. The van der Waals surface area contributed by atoms with Gasteiger partial charge in [-0.05, 0) is 65.0 Å². The van der Waals surface area contributed by atoms with Gasteiger partial charge in [-0.3, -0.25) is 4.79 Å². The molecule has 1 saturated carbocycles. The smallest absolute Gasteiger partial charge is 0.423 e. The first-order chi connectivity index (χ1) is 15.5. The molecule has 6 rings (SSSR count). The van der Waals surface area contributed by atoms with Gasteiger partial charge in [-0.1, -0.05) is 54.1 Å². The molecule has 32 heavy (non-hydrogen) atoms. The molecule has 7 heteroatoms. The maximum Gasteiger partial charge on any atom is 0.492 e. The van der Waals surface area contributed by atoms with Crippen LogP contribution in [0, 0.1) is 0 Å². The van der Waals surface area contributed by atoms with Crippen molar-refractivity contribution in [2.75, 3.05) is 13.1 Å². The normalized spacial score (nSPS) is 21.9. The Kier molecular flexibility index (Phi) is 4.65. The largest absolute Gasteiger partial charge is 0.492 e. The molecular formula is C25H22BClN2O3. The van der Waals surface area contributed by atoms with Gasteiger partial charge in [-0.2, -0.15) is 0 Å². The van der Waals surface area contributed by atoms with Crippen LogP contribution in [-0.4, -0.2) is 41.0 Å². The second kappa shape index (κ2) is 7.44. The van der Waals surface area contributed by atoms with E-state index < -0.39 is 12.7 Å². The summed E-state index contributed by atoms with van der Waals surface area (Å²) in [7, 11) is -0.998. The summed E-state index contributed by atoms with van der Waals surface area (Å²) in [5.74, 6) is 0.489. The molecule has 1 aromatic heterocycles. The molecule has 1 atom stereocenters. The van der Waals surface area contributed by atoms with Crippen LogP contribution in [0.3, 0.4) is 0 Å². The second-order valence-corrected chi connectivity index (χ2v) is 9.40. The number of hydrogen-bond acceptors (Lipinski definition) is 4. The zero-order valence-electron chi connectivity index (χ0n) is 17.5. The van der Waals surface area contributed by atoms with E-state index in [0.717, 1.165) is 16.6 Å². The van der Waals surface area contributed by atoms with E-state index in [1.807, 2.05) is 0 Å². The highest BCUT2D eigenvalue weighted by Crippen LogP contribution is 2.45. The Morgan fingerprint density at radius 1 is 1.19 bits per heavy atom. The van der Waals surface area contributed by atoms with Crippen molar-refractivity contribution in [2.24, 2.45) is 0 Å². The molecule has 2 aromatic carbocycles. The molecule has 160 valence electrons. The third-order valence-electron chi connectivity index (χ3n) is 6.90.